The summed E-state index contributed by atoms with van der Waals surface area (Å²) in [4.78, 5) is 24.8. The number of halogens is 2. The first kappa shape index (κ1) is 16.7. The van der Waals surface area contributed by atoms with Crippen molar-refractivity contribution in [2.45, 2.75) is 19.8 Å². The quantitative estimate of drug-likeness (QED) is 0.817. The van der Waals surface area contributed by atoms with Crippen molar-refractivity contribution in [3.8, 4) is 0 Å². The highest BCUT2D eigenvalue weighted by Gasteiger charge is 2.29. The fourth-order valence-electron chi connectivity index (χ4n) is 2.41. The maximum atomic E-state index is 12.0. The predicted molar refractivity (Wildman–Crippen MR) is 88.0 cm³/mol. The van der Waals surface area contributed by atoms with Crippen LogP contribution in [0.3, 0.4) is 0 Å². The van der Waals surface area contributed by atoms with E-state index in [1.54, 1.807) is 13.0 Å². The van der Waals surface area contributed by atoms with Gasteiger partial charge in [-0.15, -0.1) is 0 Å². The zero-order chi connectivity index (χ0) is 15.4. The summed E-state index contributed by atoms with van der Waals surface area (Å²) in [5.41, 5.74) is 0.957. The van der Waals surface area contributed by atoms with Crippen molar-refractivity contribution in [2.75, 3.05) is 18.8 Å². The van der Waals surface area contributed by atoms with E-state index in [0.29, 0.717) is 29.4 Å². The van der Waals surface area contributed by atoms with E-state index in [-0.39, 0.29) is 16.9 Å². The molecule has 0 radical (unpaired) electrons. The minimum absolute atomic E-state index is 0.103. The third-order valence-electron chi connectivity index (χ3n) is 3.50. The topological polar surface area (TPSA) is 37.4 Å². The Morgan fingerprint density at radius 2 is 2.19 bits per heavy atom. The molecule has 1 saturated heterocycles. The van der Waals surface area contributed by atoms with Gasteiger partial charge in [0.25, 0.3) is 0 Å². The van der Waals surface area contributed by atoms with Crippen LogP contribution in [-0.2, 0) is 16.0 Å². The van der Waals surface area contributed by atoms with Gasteiger partial charge in [-0.05, 0) is 24.0 Å². The van der Waals surface area contributed by atoms with Crippen molar-refractivity contribution >= 4 is 46.0 Å². The number of nitrogens with zero attached hydrogens (tertiary/aromatic N) is 1. The van der Waals surface area contributed by atoms with Crippen molar-refractivity contribution in [3.63, 3.8) is 0 Å². The van der Waals surface area contributed by atoms with Gasteiger partial charge in [0.1, 0.15) is 0 Å². The highest BCUT2D eigenvalue weighted by atomic mass is 35.5. The molecule has 114 valence electrons. The van der Waals surface area contributed by atoms with Crippen LogP contribution in [0.1, 0.15) is 18.9 Å². The zero-order valence-electron chi connectivity index (χ0n) is 11.8. The Labute approximate surface area is 139 Å². The van der Waals surface area contributed by atoms with E-state index in [0.717, 1.165) is 17.9 Å². The SMILES string of the molecule is CC(=O)SCC1CC(=O)N(CCc2cccc(Cl)c2Cl)C1. The number of benzene rings is 1. The lowest BCUT2D eigenvalue weighted by molar-refractivity contribution is -0.127. The van der Waals surface area contributed by atoms with Crippen molar-refractivity contribution in [1.82, 2.24) is 4.90 Å². The fourth-order valence-corrected chi connectivity index (χ4v) is 3.52. The Balaban J connectivity index is 1.87. The molecule has 1 aromatic carbocycles. The molecule has 1 heterocycles. The molecule has 1 aliphatic rings. The summed E-state index contributed by atoms with van der Waals surface area (Å²) in [6, 6.07) is 5.54. The van der Waals surface area contributed by atoms with Crippen molar-refractivity contribution in [3.05, 3.63) is 33.8 Å². The van der Waals surface area contributed by atoms with Gasteiger partial charge in [-0.1, -0.05) is 47.1 Å². The molecule has 1 unspecified atom stereocenters. The molecule has 0 spiro atoms. The highest BCUT2D eigenvalue weighted by molar-refractivity contribution is 8.13. The summed E-state index contributed by atoms with van der Waals surface area (Å²) in [5, 5.41) is 1.21. The summed E-state index contributed by atoms with van der Waals surface area (Å²) < 4.78 is 0. The summed E-state index contributed by atoms with van der Waals surface area (Å²) >= 11 is 13.4. The average molecular weight is 346 g/mol. The molecular formula is C15H17Cl2NO2S. The van der Waals surface area contributed by atoms with Gasteiger partial charge in [0.15, 0.2) is 5.12 Å². The lowest BCUT2D eigenvalue weighted by Gasteiger charge is -2.17. The molecule has 0 N–H and O–H groups in total. The number of carbonyl (C=O) groups excluding carboxylic acids is 2. The first-order valence-electron chi connectivity index (χ1n) is 6.81. The molecule has 21 heavy (non-hydrogen) atoms. The van der Waals surface area contributed by atoms with Gasteiger partial charge in [0.2, 0.25) is 5.91 Å². The van der Waals surface area contributed by atoms with Crippen molar-refractivity contribution in [2.24, 2.45) is 5.92 Å². The Kier molecular flexibility index (Phi) is 5.97. The molecular weight excluding hydrogens is 329 g/mol. The van der Waals surface area contributed by atoms with Crippen LogP contribution in [0.25, 0.3) is 0 Å². The Bertz CT molecular complexity index is 550. The number of hydrogen-bond donors (Lipinski definition) is 0. The van der Waals surface area contributed by atoms with E-state index in [1.165, 1.54) is 11.8 Å². The summed E-state index contributed by atoms with van der Waals surface area (Å²) in [5.74, 6) is 1.14. The maximum Gasteiger partial charge on any atom is 0.222 e. The predicted octanol–water partition coefficient (Wildman–Crippen LogP) is 3.66. The number of thioether (sulfide) groups is 1. The summed E-state index contributed by atoms with van der Waals surface area (Å²) in [7, 11) is 0. The third kappa shape index (κ3) is 4.63. The van der Waals surface area contributed by atoms with E-state index in [4.69, 9.17) is 23.2 Å². The van der Waals surface area contributed by atoms with Gasteiger partial charge in [-0.3, -0.25) is 9.59 Å². The maximum absolute atomic E-state index is 12.0. The average Bonchev–Trinajstić information content (AvgIpc) is 2.79. The van der Waals surface area contributed by atoms with Crippen LogP contribution in [0, 0.1) is 5.92 Å². The van der Waals surface area contributed by atoms with Gasteiger partial charge in [-0.25, -0.2) is 0 Å². The van der Waals surface area contributed by atoms with Crippen molar-refractivity contribution in [1.29, 1.82) is 0 Å². The summed E-state index contributed by atoms with van der Waals surface area (Å²) in [6.45, 7) is 2.91. The first-order chi connectivity index (χ1) is 9.97. The number of rotatable bonds is 5. The molecule has 6 heteroatoms. The first-order valence-corrected chi connectivity index (χ1v) is 8.55. The second-order valence-corrected chi connectivity index (χ2v) is 7.16. The number of amides is 1. The number of carbonyl (C=O) groups is 2. The van der Waals surface area contributed by atoms with Gasteiger partial charge >= 0.3 is 0 Å². The van der Waals surface area contributed by atoms with E-state index < -0.39 is 0 Å². The van der Waals surface area contributed by atoms with Crippen molar-refractivity contribution < 1.29 is 9.59 Å². The standard InChI is InChI=1S/C15H17Cl2NO2S/c1-10(19)21-9-11-7-14(20)18(8-11)6-5-12-3-2-4-13(16)15(12)17/h2-4,11H,5-9H2,1H3. The second-order valence-electron chi connectivity index (χ2n) is 5.18. The molecule has 1 atom stereocenters. The van der Waals surface area contributed by atoms with E-state index in [2.05, 4.69) is 0 Å². The molecule has 0 aliphatic carbocycles. The van der Waals surface area contributed by atoms with Crippen LogP contribution in [0.4, 0.5) is 0 Å². The van der Waals surface area contributed by atoms with Gasteiger partial charge in [0, 0.05) is 32.2 Å². The molecule has 1 fully saturated rings. The third-order valence-corrected chi connectivity index (χ3v) is 5.40. The van der Waals surface area contributed by atoms with Crippen LogP contribution in [-0.4, -0.2) is 34.8 Å². The molecule has 0 bridgehead atoms. The van der Waals surface area contributed by atoms with Gasteiger partial charge in [0.05, 0.1) is 10.0 Å². The second kappa shape index (κ2) is 7.52. The van der Waals surface area contributed by atoms with E-state index >= 15 is 0 Å². The normalized spacial score (nSPS) is 18.3. The minimum atomic E-state index is 0.103. The van der Waals surface area contributed by atoms with Crippen LogP contribution < -0.4 is 0 Å². The zero-order valence-corrected chi connectivity index (χ0v) is 14.1. The fraction of sp³-hybridized carbons (Fsp3) is 0.467. The van der Waals surface area contributed by atoms with E-state index in [1.807, 2.05) is 17.0 Å². The molecule has 0 saturated carbocycles. The Morgan fingerprint density at radius 1 is 1.43 bits per heavy atom. The summed E-state index contributed by atoms with van der Waals surface area (Å²) in [6.07, 6.45) is 1.22. The molecule has 1 aliphatic heterocycles. The molecule has 1 amide bonds. The van der Waals surface area contributed by atoms with Gasteiger partial charge in [-0.2, -0.15) is 0 Å². The number of hydrogen-bond acceptors (Lipinski definition) is 3. The van der Waals surface area contributed by atoms with Crippen LogP contribution in [0.2, 0.25) is 10.0 Å². The molecule has 2 rings (SSSR count). The lowest BCUT2D eigenvalue weighted by Crippen LogP contribution is -2.27. The smallest absolute Gasteiger partial charge is 0.222 e. The molecule has 0 aromatic heterocycles. The Morgan fingerprint density at radius 3 is 2.90 bits per heavy atom. The minimum Gasteiger partial charge on any atom is -0.342 e. The van der Waals surface area contributed by atoms with Crippen LogP contribution in [0.15, 0.2) is 18.2 Å². The molecule has 1 aromatic rings. The molecule has 3 nitrogen and oxygen atoms in total. The van der Waals surface area contributed by atoms with Gasteiger partial charge < -0.3 is 4.90 Å². The van der Waals surface area contributed by atoms with Crippen LogP contribution in [0.5, 0.6) is 0 Å². The highest BCUT2D eigenvalue weighted by Crippen LogP contribution is 2.27. The van der Waals surface area contributed by atoms with E-state index in [9.17, 15) is 9.59 Å². The monoisotopic (exact) mass is 345 g/mol. The lowest BCUT2D eigenvalue weighted by atomic mass is 10.1. The van der Waals surface area contributed by atoms with Crippen LogP contribution >= 0.6 is 35.0 Å². The Hall–Kier alpha value is -0.710. The largest absolute Gasteiger partial charge is 0.342 e. The number of likely N-dealkylation sites (tertiary alicyclic amines) is 1.